The lowest BCUT2D eigenvalue weighted by molar-refractivity contribution is -0.122. The fraction of sp³-hybridized carbons (Fsp3) is 0.600. The molecule has 8 heteroatoms. The number of aryl methyl sites for hydroxylation is 1. The van der Waals surface area contributed by atoms with Gasteiger partial charge in [0.2, 0.25) is 9.70 Å². The van der Waals surface area contributed by atoms with E-state index in [1.54, 1.807) is 0 Å². The monoisotopic (exact) mass is 465 g/mol. The van der Waals surface area contributed by atoms with Crippen molar-refractivity contribution in [2.45, 2.75) is 75.2 Å². The van der Waals surface area contributed by atoms with Crippen LogP contribution in [-0.4, -0.2) is 21.0 Å². The molecule has 0 aliphatic heterocycles. The molecule has 0 saturated heterocycles. The molecule has 0 heterocycles. The summed E-state index contributed by atoms with van der Waals surface area (Å²) >= 11 is 23.3. The second kappa shape index (κ2) is 13.5. The fourth-order valence-electron chi connectivity index (χ4n) is 2.70. The van der Waals surface area contributed by atoms with Gasteiger partial charge in [-0.3, -0.25) is 4.79 Å². The Morgan fingerprint density at radius 2 is 1.71 bits per heavy atom. The van der Waals surface area contributed by atoms with E-state index < -0.39 is 9.96 Å². The Hall–Kier alpha value is -0.750. The summed E-state index contributed by atoms with van der Waals surface area (Å²) in [6.07, 6.45) is 7.42. The molecule has 1 unspecified atom stereocenters. The zero-order chi connectivity index (χ0) is 21.0. The molecule has 158 valence electrons. The predicted molar refractivity (Wildman–Crippen MR) is 125 cm³/mol. The average Bonchev–Trinajstić information content (AvgIpc) is 2.59. The Morgan fingerprint density at radius 3 is 2.32 bits per heavy atom. The summed E-state index contributed by atoms with van der Waals surface area (Å²) in [5, 5.41) is 8.89. The quantitative estimate of drug-likeness (QED) is 0.156. The van der Waals surface area contributed by atoms with E-state index in [-0.39, 0.29) is 11.0 Å². The summed E-state index contributed by atoms with van der Waals surface area (Å²) in [6, 6.07) is 7.72. The number of rotatable bonds is 11. The van der Waals surface area contributed by atoms with E-state index in [9.17, 15) is 4.79 Å². The normalized spacial score (nSPS) is 12.3. The molecule has 0 fully saturated rings. The standard InChI is InChI=1S/C20H30Cl3N3OS/c1-3-4-5-6-7-8-9-13-17(27)25-18(20(21,22)23)26-19(28)24-16-12-10-11-15(2)14-16/h10-12,14,18H,3-9,13H2,1-2H3,(H,25,27)(H2,24,26,28). The van der Waals surface area contributed by atoms with E-state index in [1.165, 1.54) is 25.7 Å². The van der Waals surface area contributed by atoms with Crippen molar-refractivity contribution < 1.29 is 4.79 Å². The average molecular weight is 467 g/mol. The maximum atomic E-state index is 12.2. The van der Waals surface area contributed by atoms with Gasteiger partial charge >= 0.3 is 0 Å². The van der Waals surface area contributed by atoms with Gasteiger partial charge in [-0.15, -0.1) is 0 Å². The molecule has 28 heavy (non-hydrogen) atoms. The number of carbonyl (C=O) groups is 1. The molecule has 0 spiro atoms. The molecule has 0 aliphatic carbocycles. The van der Waals surface area contributed by atoms with Crippen molar-refractivity contribution >= 4 is 63.7 Å². The number of hydrogen-bond donors (Lipinski definition) is 3. The number of anilines is 1. The topological polar surface area (TPSA) is 53.2 Å². The molecule has 1 aromatic carbocycles. The van der Waals surface area contributed by atoms with E-state index in [1.807, 2.05) is 31.2 Å². The van der Waals surface area contributed by atoms with Crippen molar-refractivity contribution in [2.75, 3.05) is 5.32 Å². The van der Waals surface area contributed by atoms with Crippen LogP contribution in [-0.2, 0) is 4.79 Å². The highest BCUT2D eigenvalue weighted by Gasteiger charge is 2.34. The van der Waals surface area contributed by atoms with Crippen LogP contribution in [0.2, 0.25) is 0 Å². The first-order chi connectivity index (χ1) is 13.2. The van der Waals surface area contributed by atoms with Crippen LogP contribution in [0.4, 0.5) is 5.69 Å². The maximum Gasteiger partial charge on any atom is 0.228 e. The molecule has 0 aromatic heterocycles. The van der Waals surface area contributed by atoms with E-state index in [0.717, 1.165) is 30.5 Å². The molecule has 0 radical (unpaired) electrons. The van der Waals surface area contributed by atoms with Gasteiger partial charge in [0.15, 0.2) is 5.11 Å². The number of amides is 1. The van der Waals surface area contributed by atoms with E-state index in [2.05, 4.69) is 22.9 Å². The Morgan fingerprint density at radius 1 is 1.07 bits per heavy atom. The summed E-state index contributed by atoms with van der Waals surface area (Å²) in [5.41, 5.74) is 1.91. The highest BCUT2D eigenvalue weighted by molar-refractivity contribution is 7.80. The maximum absolute atomic E-state index is 12.2. The highest BCUT2D eigenvalue weighted by atomic mass is 35.6. The zero-order valence-corrected chi connectivity index (χ0v) is 19.6. The molecule has 0 bridgehead atoms. The lowest BCUT2D eigenvalue weighted by Gasteiger charge is -2.27. The first-order valence-corrected chi connectivity index (χ1v) is 11.3. The molecular weight excluding hydrogens is 437 g/mol. The number of alkyl halides is 3. The first-order valence-electron chi connectivity index (χ1n) is 9.72. The Balaban J connectivity index is 2.43. The third kappa shape index (κ3) is 11.3. The first kappa shape index (κ1) is 25.3. The third-order valence-corrected chi connectivity index (χ3v) is 5.07. The van der Waals surface area contributed by atoms with Crippen LogP contribution in [0.25, 0.3) is 0 Å². The molecule has 3 N–H and O–H groups in total. The number of nitrogens with one attached hydrogen (secondary N) is 3. The van der Waals surface area contributed by atoms with Crippen LogP contribution >= 0.6 is 47.0 Å². The summed E-state index contributed by atoms with van der Waals surface area (Å²) in [6.45, 7) is 4.18. The number of carbonyl (C=O) groups excluding carboxylic acids is 1. The molecule has 1 rings (SSSR count). The Bertz CT molecular complexity index is 623. The molecule has 4 nitrogen and oxygen atoms in total. The van der Waals surface area contributed by atoms with Crippen LogP contribution in [0.1, 0.15) is 63.9 Å². The second-order valence-corrected chi connectivity index (χ2v) is 9.66. The number of unbranched alkanes of at least 4 members (excludes halogenated alkanes) is 6. The number of benzene rings is 1. The van der Waals surface area contributed by atoms with Gasteiger partial charge < -0.3 is 16.0 Å². The minimum Gasteiger partial charge on any atom is -0.339 e. The predicted octanol–water partition coefficient (Wildman–Crippen LogP) is 6.23. The minimum atomic E-state index is -1.74. The highest BCUT2D eigenvalue weighted by Crippen LogP contribution is 2.29. The van der Waals surface area contributed by atoms with Crippen LogP contribution in [0.15, 0.2) is 24.3 Å². The molecule has 1 amide bonds. The fourth-order valence-corrected chi connectivity index (χ4v) is 3.26. The Kier molecular flexibility index (Phi) is 12.2. The van der Waals surface area contributed by atoms with Crippen molar-refractivity contribution in [1.82, 2.24) is 10.6 Å². The van der Waals surface area contributed by atoms with Crippen LogP contribution < -0.4 is 16.0 Å². The lowest BCUT2D eigenvalue weighted by atomic mass is 10.1. The van der Waals surface area contributed by atoms with E-state index >= 15 is 0 Å². The summed E-state index contributed by atoms with van der Waals surface area (Å²) < 4.78 is -1.74. The minimum absolute atomic E-state index is 0.171. The van der Waals surface area contributed by atoms with E-state index in [0.29, 0.717) is 6.42 Å². The zero-order valence-electron chi connectivity index (χ0n) is 16.5. The van der Waals surface area contributed by atoms with Gasteiger partial charge in [0, 0.05) is 12.1 Å². The molecule has 0 saturated carbocycles. The molecule has 0 aliphatic rings. The van der Waals surface area contributed by atoms with Gasteiger partial charge in [-0.2, -0.15) is 0 Å². The van der Waals surface area contributed by atoms with Gasteiger partial charge in [-0.1, -0.05) is 92.4 Å². The van der Waals surface area contributed by atoms with Crippen LogP contribution in [0.3, 0.4) is 0 Å². The van der Waals surface area contributed by atoms with Crippen molar-refractivity contribution in [2.24, 2.45) is 0 Å². The van der Waals surface area contributed by atoms with Crippen molar-refractivity contribution in [3.63, 3.8) is 0 Å². The van der Waals surface area contributed by atoms with Gasteiger partial charge in [0.1, 0.15) is 6.17 Å². The number of hydrogen-bond acceptors (Lipinski definition) is 2. The number of thiocarbonyl (C=S) groups is 1. The molecule has 1 aromatic rings. The number of halogens is 3. The smallest absolute Gasteiger partial charge is 0.228 e. The van der Waals surface area contributed by atoms with Crippen molar-refractivity contribution in [3.05, 3.63) is 29.8 Å². The van der Waals surface area contributed by atoms with Gasteiger partial charge in [0.05, 0.1) is 0 Å². The van der Waals surface area contributed by atoms with Gasteiger partial charge in [0.25, 0.3) is 0 Å². The molecule has 1 atom stereocenters. The summed E-state index contributed by atoms with van der Waals surface area (Å²) in [5.74, 6) is -0.171. The van der Waals surface area contributed by atoms with Crippen LogP contribution in [0.5, 0.6) is 0 Å². The van der Waals surface area contributed by atoms with E-state index in [4.69, 9.17) is 47.0 Å². The summed E-state index contributed by atoms with van der Waals surface area (Å²) in [7, 11) is 0. The lowest BCUT2D eigenvalue weighted by Crippen LogP contribution is -2.56. The van der Waals surface area contributed by atoms with Gasteiger partial charge in [-0.05, 0) is 43.3 Å². The Labute approximate surface area is 189 Å². The van der Waals surface area contributed by atoms with Crippen LogP contribution in [0, 0.1) is 6.92 Å². The van der Waals surface area contributed by atoms with Crippen molar-refractivity contribution in [1.29, 1.82) is 0 Å². The van der Waals surface area contributed by atoms with Crippen molar-refractivity contribution in [3.8, 4) is 0 Å². The largest absolute Gasteiger partial charge is 0.339 e. The SMILES string of the molecule is CCCCCCCCCC(=O)NC(NC(=S)Nc1cccc(C)c1)C(Cl)(Cl)Cl. The third-order valence-electron chi connectivity index (χ3n) is 4.19. The van der Waals surface area contributed by atoms with Gasteiger partial charge in [-0.25, -0.2) is 0 Å². The molecular formula is C20H30Cl3N3OS. The second-order valence-electron chi connectivity index (χ2n) is 6.88. The summed E-state index contributed by atoms with van der Waals surface area (Å²) in [4.78, 5) is 12.2.